The van der Waals surface area contributed by atoms with E-state index in [0.29, 0.717) is 10.8 Å². The van der Waals surface area contributed by atoms with E-state index >= 15 is 0 Å². The molecule has 0 spiro atoms. The van der Waals surface area contributed by atoms with E-state index in [1.807, 2.05) is 6.92 Å². The first-order valence-corrected chi connectivity index (χ1v) is 7.95. The number of aromatic nitrogens is 2. The third-order valence-electron chi connectivity index (χ3n) is 3.09. The van der Waals surface area contributed by atoms with Crippen molar-refractivity contribution >= 4 is 39.3 Å². The quantitative estimate of drug-likeness (QED) is 0.671. The van der Waals surface area contributed by atoms with Gasteiger partial charge < -0.3 is 5.11 Å². The molecule has 0 saturated carbocycles. The minimum atomic E-state index is -0.890. The van der Waals surface area contributed by atoms with Crippen molar-refractivity contribution < 1.29 is 9.90 Å². The molecule has 102 valence electrons. The Bertz CT molecular complexity index is 610. The molecule has 0 fully saturated rings. The van der Waals surface area contributed by atoms with E-state index in [1.165, 1.54) is 17.7 Å². The molecule has 6 heteroatoms. The van der Waals surface area contributed by atoms with E-state index in [0.717, 1.165) is 33.0 Å². The lowest BCUT2D eigenvalue weighted by Gasteiger charge is -2.07. The van der Waals surface area contributed by atoms with Crippen LogP contribution in [0.15, 0.2) is 11.4 Å². The summed E-state index contributed by atoms with van der Waals surface area (Å²) in [7, 11) is 0. The van der Waals surface area contributed by atoms with Crippen molar-refractivity contribution in [3.05, 3.63) is 16.8 Å². The van der Waals surface area contributed by atoms with Gasteiger partial charge in [0.25, 0.3) is 0 Å². The Hall–Kier alpha value is -1.14. The van der Waals surface area contributed by atoms with Gasteiger partial charge in [-0.2, -0.15) is 0 Å². The minimum absolute atomic E-state index is 0.362. The zero-order valence-electron chi connectivity index (χ0n) is 11.1. The van der Waals surface area contributed by atoms with Gasteiger partial charge in [0, 0.05) is 11.1 Å². The van der Waals surface area contributed by atoms with Crippen LogP contribution in [0.4, 0.5) is 0 Å². The molecule has 0 aliphatic carbocycles. The van der Waals surface area contributed by atoms with Crippen LogP contribution in [-0.2, 0) is 0 Å². The topological polar surface area (TPSA) is 63.1 Å². The maximum Gasteiger partial charge on any atom is 0.346 e. The van der Waals surface area contributed by atoms with Gasteiger partial charge in [-0.3, -0.25) is 0 Å². The molecule has 0 aromatic carbocycles. The fraction of sp³-hybridized carbons (Fsp3) is 0.462. The van der Waals surface area contributed by atoms with Crippen molar-refractivity contribution in [1.82, 2.24) is 9.97 Å². The summed E-state index contributed by atoms with van der Waals surface area (Å²) in [6.45, 7) is 6.20. The predicted molar refractivity (Wildman–Crippen MR) is 79.3 cm³/mol. The molecule has 0 aliphatic heterocycles. The van der Waals surface area contributed by atoms with Gasteiger partial charge in [0.15, 0.2) is 0 Å². The SMILES string of the molecule is CCC(C)CSc1ncnc2sc(C(=O)O)c(C)c12. The summed E-state index contributed by atoms with van der Waals surface area (Å²) in [5.74, 6) is 0.714. The third-order valence-corrected chi connectivity index (χ3v) is 5.59. The van der Waals surface area contributed by atoms with Crippen molar-refractivity contribution in [2.24, 2.45) is 5.92 Å². The second-order valence-electron chi connectivity index (χ2n) is 4.54. The van der Waals surface area contributed by atoms with Crippen molar-refractivity contribution in [2.45, 2.75) is 32.2 Å². The number of thiophene rings is 1. The Morgan fingerprint density at radius 1 is 1.53 bits per heavy atom. The van der Waals surface area contributed by atoms with E-state index in [1.54, 1.807) is 11.8 Å². The van der Waals surface area contributed by atoms with Crippen LogP contribution in [0.2, 0.25) is 0 Å². The summed E-state index contributed by atoms with van der Waals surface area (Å²) in [6.07, 6.45) is 2.65. The Morgan fingerprint density at radius 2 is 2.26 bits per heavy atom. The Balaban J connectivity index is 2.41. The lowest BCUT2D eigenvalue weighted by atomic mass is 10.2. The highest BCUT2D eigenvalue weighted by Gasteiger charge is 2.18. The van der Waals surface area contributed by atoms with E-state index in [2.05, 4.69) is 23.8 Å². The molecule has 1 atom stereocenters. The van der Waals surface area contributed by atoms with E-state index < -0.39 is 5.97 Å². The normalized spacial score (nSPS) is 12.8. The van der Waals surface area contributed by atoms with Crippen molar-refractivity contribution in [1.29, 1.82) is 0 Å². The number of hydrogen-bond donors (Lipinski definition) is 1. The number of aryl methyl sites for hydroxylation is 1. The van der Waals surface area contributed by atoms with Gasteiger partial charge in [-0.25, -0.2) is 14.8 Å². The number of hydrogen-bond acceptors (Lipinski definition) is 5. The molecule has 2 rings (SSSR count). The first kappa shape index (κ1) is 14.3. The fourth-order valence-corrected chi connectivity index (χ4v) is 3.94. The van der Waals surface area contributed by atoms with Crippen LogP contribution < -0.4 is 0 Å². The van der Waals surface area contributed by atoms with Crippen LogP contribution in [0.3, 0.4) is 0 Å². The molecular formula is C13H16N2O2S2. The standard InChI is InChI=1S/C13H16N2O2S2/c1-4-7(2)5-18-11-9-8(3)10(13(16)17)19-12(9)15-6-14-11/h6-7H,4-5H2,1-3H3,(H,16,17). The van der Waals surface area contributed by atoms with Crippen LogP contribution in [-0.4, -0.2) is 26.8 Å². The molecule has 0 radical (unpaired) electrons. The summed E-state index contributed by atoms with van der Waals surface area (Å²) in [5, 5.41) is 11.0. The highest BCUT2D eigenvalue weighted by Crippen LogP contribution is 2.35. The Labute approximate surface area is 120 Å². The fourth-order valence-electron chi connectivity index (χ4n) is 1.69. The number of carboxylic acid groups (broad SMARTS) is 1. The first-order valence-electron chi connectivity index (χ1n) is 6.14. The zero-order chi connectivity index (χ0) is 14.0. The summed E-state index contributed by atoms with van der Waals surface area (Å²) < 4.78 is 0. The van der Waals surface area contributed by atoms with Gasteiger partial charge in [0.2, 0.25) is 0 Å². The molecule has 2 heterocycles. The van der Waals surface area contributed by atoms with Crippen LogP contribution in [0.5, 0.6) is 0 Å². The number of carbonyl (C=O) groups is 1. The summed E-state index contributed by atoms with van der Waals surface area (Å²) in [5.41, 5.74) is 0.778. The van der Waals surface area contributed by atoms with Gasteiger partial charge in [0.05, 0.1) is 0 Å². The van der Waals surface area contributed by atoms with Gasteiger partial charge >= 0.3 is 5.97 Å². The Kier molecular flexibility index (Phi) is 4.42. The monoisotopic (exact) mass is 296 g/mol. The van der Waals surface area contributed by atoms with Crippen molar-refractivity contribution in [3.63, 3.8) is 0 Å². The zero-order valence-corrected chi connectivity index (χ0v) is 12.8. The highest BCUT2D eigenvalue weighted by atomic mass is 32.2. The molecule has 1 N–H and O–H groups in total. The number of carboxylic acids is 1. The molecule has 0 saturated heterocycles. The van der Waals surface area contributed by atoms with E-state index in [-0.39, 0.29) is 0 Å². The largest absolute Gasteiger partial charge is 0.477 e. The highest BCUT2D eigenvalue weighted by molar-refractivity contribution is 7.99. The average Bonchev–Trinajstić information content (AvgIpc) is 2.74. The number of rotatable bonds is 5. The van der Waals surface area contributed by atoms with E-state index in [9.17, 15) is 4.79 Å². The van der Waals surface area contributed by atoms with Gasteiger partial charge in [-0.05, 0) is 18.4 Å². The first-order chi connectivity index (χ1) is 9.04. The molecule has 1 unspecified atom stereocenters. The lowest BCUT2D eigenvalue weighted by molar-refractivity contribution is 0.0701. The molecule has 4 nitrogen and oxygen atoms in total. The molecule has 2 aromatic rings. The molecular weight excluding hydrogens is 280 g/mol. The predicted octanol–water partition coefficient (Wildman–Crippen LogP) is 3.84. The second-order valence-corrected chi connectivity index (χ2v) is 6.55. The van der Waals surface area contributed by atoms with Gasteiger partial charge in [-0.1, -0.05) is 20.3 Å². The molecule has 2 aromatic heterocycles. The van der Waals surface area contributed by atoms with Crippen LogP contribution in [0.25, 0.3) is 10.2 Å². The number of thioether (sulfide) groups is 1. The smallest absolute Gasteiger partial charge is 0.346 e. The van der Waals surface area contributed by atoms with E-state index in [4.69, 9.17) is 5.11 Å². The number of nitrogens with zero attached hydrogens (tertiary/aromatic N) is 2. The van der Waals surface area contributed by atoms with Crippen LogP contribution >= 0.6 is 23.1 Å². The molecule has 0 amide bonds. The van der Waals surface area contributed by atoms with Gasteiger partial charge in [-0.15, -0.1) is 23.1 Å². The second kappa shape index (κ2) is 5.88. The van der Waals surface area contributed by atoms with Crippen LogP contribution in [0.1, 0.15) is 35.5 Å². The molecule has 19 heavy (non-hydrogen) atoms. The number of aromatic carboxylic acids is 1. The maximum atomic E-state index is 11.2. The number of fused-ring (bicyclic) bond motifs is 1. The summed E-state index contributed by atoms with van der Waals surface area (Å²) in [4.78, 5) is 20.8. The van der Waals surface area contributed by atoms with Crippen molar-refractivity contribution in [2.75, 3.05) is 5.75 Å². The molecule has 0 aliphatic rings. The average molecular weight is 296 g/mol. The van der Waals surface area contributed by atoms with Crippen molar-refractivity contribution in [3.8, 4) is 0 Å². The lowest BCUT2D eigenvalue weighted by Crippen LogP contribution is -1.97. The van der Waals surface area contributed by atoms with Gasteiger partial charge in [0.1, 0.15) is 21.1 Å². The summed E-state index contributed by atoms with van der Waals surface area (Å²) in [6, 6.07) is 0. The summed E-state index contributed by atoms with van der Waals surface area (Å²) >= 11 is 2.91. The molecule has 0 bridgehead atoms. The maximum absolute atomic E-state index is 11.2. The minimum Gasteiger partial charge on any atom is -0.477 e. The Morgan fingerprint density at radius 3 is 2.89 bits per heavy atom. The van der Waals surface area contributed by atoms with Crippen LogP contribution in [0, 0.1) is 12.8 Å². The third kappa shape index (κ3) is 2.90.